The minimum Gasteiger partial charge on any atom is -0.335 e. The van der Waals surface area contributed by atoms with E-state index in [0.717, 1.165) is 31.4 Å². The van der Waals surface area contributed by atoms with Gasteiger partial charge in [0.15, 0.2) is 0 Å². The van der Waals surface area contributed by atoms with Crippen LogP contribution in [0, 0.1) is 0 Å². The number of rotatable bonds is 4. The summed E-state index contributed by atoms with van der Waals surface area (Å²) in [6, 6.07) is 4.65. The van der Waals surface area contributed by atoms with Gasteiger partial charge in [0.25, 0.3) is 5.91 Å². The van der Waals surface area contributed by atoms with Crippen LogP contribution in [0.15, 0.2) is 24.3 Å². The summed E-state index contributed by atoms with van der Waals surface area (Å²) in [6.07, 6.45) is -1.33. The van der Waals surface area contributed by atoms with Crippen LogP contribution in [-0.2, 0) is 6.18 Å². The zero-order valence-corrected chi connectivity index (χ0v) is 12.4. The first-order chi connectivity index (χ1) is 9.43. The zero-order valence-electron chi connectivity index (χ0n) is 10.8. The van der Waals surface area contributed by atoms with Crippen molar-refractivity contribution in [1.82, 2.24) is 4.90 Å². The van der Waals surface area contributed by atoms with E-state index in [0.29, 0.717) is 17.4 Å². The fourth-order valence-electron chi connectivity index (χ4n) is 2.21. The van der Waals surface area contributed by atoms with Gasteiger partial charge in [-0.2, -0.15) is 13.2 Å². The molecule has 1 aliphatic rings. The summed E-state index contributed by atoms with van der Waals surface area (Å²) in [6.45, 7) is 0.574. The first kappa shape index (κ1) is 15.4. The summed E-state index contributed by atoms with van der Waals surface area (Å²) in [7, 11) is 0. The normalized spacial score (nSPS) is 15.8. The van der Waals surface area contributed by atoms with E-state index in [9.17, 15) is 18.0 Å². The van der Waals surface area contributed by atoms with E-state index in [1.807, 2.05) is 0 Å². The second-order valence-corrected chi connectivity index (χ2v) is 5.64. The molecule has 0 saturated heterocycles. The van der Waals surface area contributed by atoms with Gasteiger partial charge >= 0.3 is 6.18 Å². The van der Waals surface area contributed by atoms with E-state index < -0.39 is 11.7 Å². The van der Waals surface area contributed by atoms with Crippen molar-refractivity contribution in [2.24, 2.45) is 0 Å². The lowest BCUT2D eigenvalue weighted by Gasteiger charge is -2.37. The van der Waals surface area contributed by atoms with Gasteiger partial charge < -0.3 is 4.90 Å². The van der Waals surface area contributed by atoms with Crippen molar-refractivity contribution >= 4 is 21.8 Å². The average Bonchev–Trinajstić information content (AvgIpc) is 2.34. The number of alkyl halides is 4. The Kier molecular flexibility index (Phi) is 4.73. The number of carbonyl (C=O) groups excluding carboxylic acids is 1. The second-order valence-electron chi connectivity index (χ2n) is 4.85. The highest BCUT2D eigenvalue weighted by Gasteiger charge is 2.32. The highest BCUT2D eigenvalue weighted by molar-refractivity contribution is 9.09. The molecule has 2 rings (SSSR count). The Morgan fingerprint density at radius 1 is 1.25 bits per heavy atom. The molecule has 0 aromatic heterocycles. The van der Waals surface area contributed by atoms with Crippen LogP contribution in [0.4, 0.5) is 13.2 Å². The van der Waals surface area contributed by atoms with Gasteiger partial charge in [0.1, 0.15) is 0 Å². The topological polar surface area (TPSA) is 20.3 Å². The van der Waals surface area contributed by atoms with Gasteiger partial charge in [0, 0.05) is 23.5 Å². The number of halogens is 4. The Morgan fingerprint density at radius 3 is 2.25 bits per heavy atom. The maximum absolute atomic E-state index is 12.5. The molecule has 0 spiro atoms. The first-order valence-corrected chi connectivity index (χ1v) is 7.60. The van der Waals surface area contributed by atoms with Crippen LogP contribution in [0.25, 0.3) is 0 Å². The minimum atomic E-state index is -4.37. The molecule has 1 aliphatic carbocycles. The van der Waals surface area contributed by atoms with Crippen LogP contribution >= 0.6 is 15.9 Å². The molecule has 1 fully saturated rings. The quantitative estimate of drug-likeness (QED) is 0.749. The van der Waals surface area contributed by atoms with Crippen molar-refractivity contribution in [3.05, 3.63) is 35.4 Å². The Balaban J connectivity index is 2.14. The molecule has 6 heteroatoms. The molecular weight excluding hydrogens is 335 g/mol. The molecule has 2 nitrogen and oxygen atoms in total. The molecule has 1 saturated carbocycles. The van der Waals surface area contributed by atoms with E-state index in [1.54, 1.807) is 4.90 Å². The molecule has 0 bridgehead atoms. The van der Waals surface area contributed by atoms with E-state index in [2.05, 4.69) is 15.9 Å². The van der Waals surface area contributed by atoms with Gasteiger partial charge in [-0.15, -0.1) is 0 Å². The average molecular weight is 350 g/mol. The maximum Gasteiger partial charge on any atom is 0.416 e. The van der Waals surface area contributed by atoms with Gasteiger partial charge in [0.05, 0.1) is 5.56 Å². The predicted octanol–water partition coefficient (Wildman–Crippen LogP) is 4.10. The number of hydrogen-bond donors (Lipinski definition) is 0. The van der Waals surface area contributed by atoms with Gasteiger partial charge in [-0.05, 0) is 43.5 Å². The third-order valence-electron chi connectivity index (χ3n) is 3.56. The van der Waals surface area contributed by atoms with Crippen molar-refractivity contribution in [2.45, 2.75) is 31.5 Å². The largest absolute Gasteiger partial charge is 0.416 e. The van der Waals surface area contributed by atoms with E-state index in [1.165, 1.54) is 12.1 Å². The summed E-state index contributed by atoms with van der Waals surface area (Å²) >= 11 is 3.31. The maximum atomic E-state index is 12.5. The van der Waals surface area contributed by atoms with Gasteiger partial charge in [-0.3, -0.25) is 4.79 Å². The summed E-state index contributed by atoms with van der Waals surface area (Å²) in [4.78, 5) is 14.1. The number of amides is 1. The summed E-state index contributed by atoms with van der Waals surface area (Å²) in [5, 5.41) is 0.663. The lowest BCUT2D eigenvalue weighted by atomic mass is 9.91. The first-order valence-electron chi connectivity index (χ1n) is 6.47. The van der Waals surface area contributed by atoms with Crippen molar-refractivity contribution in [1.29, 1.82) is 0 Å². The molecule has 110 valence electrons. The molecule has 1 aromatic rings. The molecular formula is C14H15BrF3NO. The third kappa shape index (κ3) is 3.34. The van der Waals surface area contributed by atoms with Crippen LogP contribution in [0.3, 0.4) is 0 Å². The molecule has 0 aliphatic heterocycles. The number of carbonyl (C=O) groups is 1. The zero-order chi connectivity index (χ0) is 14.8. The van der Waals surface area contributed by atoms with Crippen LogP contribution < -0.4 is 0 Å². The van der Waals surface area contributed by atoms with Crippen molar-refractivity contribution < 1.29 is 18.0 Å². The number of nitrogens with zero attached hydrogens (tertiary/aromatic N) is 1. The van der Waals surface area contributed by atoms with Crippen LogP contribution in [0.2, 0.25) is 0 Å². The third-order valence-corrected chi connectivity index (χ3v) is 3.92. The SMILES string of the molecule is O=C(c1ccc(C(F)(F)F)cc1)N(CCBr)C1CCC1. The van der Waals surface area contributed by atoms with E-state index in [4.69, 9.17) is 0 Å². The molecule has 1 amide bonds. The van der Waals surface area contributed by atoms with Crippen LogP contribution in [-0.4, -0.2) is 28.7 Å². The highest BCUT2D eigenvalue weighted by atomic mass is 79.9. The second kappa shape index (κ2) is 6.16. The van der Waals surface area contributed by atoms with Crippen LogP contribution in [0.5, 0.6) is 0 Å². The lowest BCUT2D eigenvalue weighted by Crippen LogP contribution is -2.45. The predicted molar refractivity (Wildman–Crippen MR) is 73.9 cm³/mol. The molecule has 0 atom stereocenters. The monoisotopic (exact) mass is 349 g/mol. The molecule has 0 N–H and O–H groups in total. The molecule has 1 aromatic carbocycles. The summed E-state index contributed by atoms with van der Waals surface area (Å²) in [5.41, 5.74) is -0.421. The summed E-state index contributed by atoms with van der Waals surface area (Å²) in [5.74, 6) is -0.192. The van der Waals surface area contributed by atoms with Gasteiger partial charge in [-0.25, -0.2) is 0 Å². The lowest BCUT2D eigenvalue weighted by molar-refractivity contribution is -0.137. The molecule has 0 radical (unpaired) electrons. The minimum absolute atomic E-state index is 0.192. The highest BCUT2D eigenvalue weighted by Crippen LogP contribution is 2.30. The Bertz CT molecular complexity index is 468. The fraction of sp³-hybridized carbons (Fsp3) is 0.500. The molecule has 0 heterocycles. The molecule has 0 unspecified atom stereocenters. The smallest absolute Gasteiger partial charge is 0.335 e. The Hall–Kier alpha value is -1.04. The van der Waals surface area contributed by atoms with Crippen molar-refractivity contribution in [3.8, 4) is 0 Å². The van der Waals surface area contributed by atoms with E-state index in [-0.39, 0.29) is 11.9 Å². The number of hydrogen-bond acceptors (Lipinski definition) is 1. The van der Waals surface area contributed by atoms with Gasteiger partial charge in [0.2, 0.25) is 0 Å². The van der Waals surface area contributed by atoms with Crippen molar-refractivity contribution in [2.75, 3.05) is 11.9 Å². The number of benzene rings is 1. The summed E-state index contributed by atoms with van der Waals surface area (Å²) < 4.78 is 37.5. The van der Waals surface area contributed by atoms with Crippen molar-refractivity contribution in [3.63, 3.8) is 0 Å². The Morgan fingerprint density at radius 2 is 1.85 bits per heavy atom. The van der Waals surface area contributed by atoms with Crippen LogP contribution in [0.1, 0.15) is 35.2 Å². The fourth-order valence-corrected chi connectivity index (χ4v) is 2.59. The molecule has 20 heavy (non-hydrogen) atoms. The van der Waals surface area contributed by atoms with E-state index >= 15 is 0 Å². The Labute approximate surface area is 124 Å². The standard InChI is InChI=1S/C14H15BrF3NO/c15-8-9-19(12-2-1-3-12)13(20)10-4-6-11(7-5-10)14(16,17)18/h4-7,12H,1-3,8-9H2. The van der Waals surface area contributed by atoms with Gasteiger partial charge in [-0.1, -0.05) is 15.9 Å².